The largest absolute Gasteiger partial charge is 0.496 e. The number of hydrogen-bond donors (Lipinski definition) is 0. The first-order valence-electron chi connectivity index (χ1n) is 11.1. The number of carbonyl (C=O) groups excluding carboxylic acids is 1. The molecular weight excluding hydrogens is 408 g/mol. The van der Waals surface area contributed by atoms with E-state index in [0.29, 0.717) is 18.1 Å². The van der Waals surface area contributed by atoms with Crippen LogP contribution in [0.5, 0.6) is 5.75 Å². The summed E-state index contributed by atoms with van der Waals surface area (Å²) in [5, 5.41) is 2.97. The van der Waals surface area contributed by atoms with E-state index in [-0.39, 0.29) is 29.3 Å². The van der Waals surface area contributed by atoms with Crippen LogP contribution in [-0.4, -0.2) is 42.7 Å². The van der Waals surface area contributed by atoms with Gasteiger partial charge in [0.15, 0.2) is 0 Å². The third-order valence-corrected chi connectivity index (χ3v) is 6.88. The van der Waals surface area contributed by atoms with Gasteiger partial charge in [0.25, 0.3) is 5.91 Å². The van der Waals surface area contributed by atoms with Gasteiger partial charge in [0, 0.05) is 36.2 Å². The molecule has 0 aliphatic carbocycles. The summed E-state index contributed by atoms with van der Waals surface area (Å²) in [6.07, 6.45) is 3.72. The maximum Gasteiger partial charge on any atom is 0.254 e. The summed E-state index contributed by atoms with van der Waals surface area (Å²) in [5.74, 6) is 1.54. The van der Waals surface area contributed by atoms with E-state index < -0.39 is 0 Å². The van der Waals surface area contributed by atoms with E-state index in [1.165, 1.54) is 0 Å². The molecule has 0 spiro atoms. The molecule has 1 fully saturated rings. The van der Waals surface area contributed by atoms with Crippen molar-refractivity contribution >= 4 is 17.2 Å². The highest BCUT2D eigenvalue weighted by Gasteiger charge is 2.46. The Labute approximate surface area is 190 Å². The average molecular weight is 445 g/mol. The number of hydrogen-bond acceptors (Lipinski definition) is 5. The summed E-state index contributed by atoms with van der Waals surface area (Å²) in [7, 11) is 3.40. The number of aromatic nitrogens is 1. The van der Waals surface area contributed by atoms with Crippen LogP contribution >= 0.6 is 11.3 Å². The van der Waals surface area contributed by atoms with Gasteiger partial charge in [-0.15, -0.1) is 11.3 Å². The zero-order valence-corrected chi connectivity index (χ0v) is 20.7. The Kier molecular flexibility index (Phi) is 7.43. The molecule has 6 heteroatoms. The van der Waals surface area contributed by atoms with E-state index in [2.05, 4.69) is 44.5 Å². The molecule has 1 aliphatic rings. The van der Waals surface area contributed by atoms with Crippen molar-refractivity contribution in [3.05, 3.63) is 45.9 Å². The lowest BCUT2D eigenvalue weighted by molar-refractivity contribution is 0.0599. The quantitative estimate of drug-likeness (QED) is 0.548. The van der Waals surface area contributed by atoms with Gasteiger partial charge < -0.3 is 14.4 Å². The molecule has 1 aromatic heterocycles. The second-order valence-electron chi connectivity index (χ2n) is 9.93. The Balaban J connectivity index is 2.03. The van der Waals surface area contributed by atoms with Crippen molar-refractivity contribution in [2.75, 3.05) is 20.8 Å². The number of nitrogens with zero attached hydrogens (tertiary/aromatic N) is 2. The van der Waals surface area contributed by atoms with Crippen LogP contribution in [0.3, 0.4) is 0 Å². The summed E-state index contributed by atoms with van der Waals surface area (Å²) in [6, 6.07) is 5.97. The van der Waals surface area contributed by atoms with Crippen LogP contribution < -0.4 is 4.74 Å². The number of thiazole rings is 1. The van der Waals surface area contributed by atoms with Crippen molar-refractivity contribution in [1.29, 1.82) is 0 Å². The minimum atomic E-state index is -0.0653. The third kappa shape index (κ3) is 5.12. The van der Waals surface area contributed by atoms with Crippen LogP contribution in [0.15, 0.2) is 29.8 Å². The van der Waals surface area contributed by atoms with Gasteiger partial charge in [-0.3, -0.25) is 4.79 Å². The summed E-state index contributed by atoms with van der Waals surface area (Å²) in [6.45, 7) is 11.5. The first kappa shape index (κ1) is 23.7. The molecule has 0 bridgehead atoms. The molecule has 3 rings (SSSR count). The molecule has 5 nitrogen and oxygen atoms in total. The highest BCUT2D eigenvalue weighted by Crippen LogP contribution is 2.45. The summed E-state index contributed by atoms with van der Waals surface area (Å²) < 4.78 is 11.2. The second kappa shape index (κ2) is 9.70. The summed E-state index contributed by atoms with van der Waals surface area (Å²) >= 11 is 1.62. The number of ether oxygens (including phenoxy) is 2. The zero-order chi connectivity index (χ0) is 22.8. The van der Waals surface area contributed by atoms with Crippen molar-refractivity contribution in [3.8, 4) is 5.75 Å². The van der Waals surface area contributed by atoms with Crippen LogP contribution in [-0.2, 0) is 10.2 Å². The van der Waals surface area contributed by atoms with Crippen molar-refractivity contribution in [2.24, 2.45) is 11.8 Å². The fourth-order valence-corrected chi connectivity index (χ4v) is 5.59. The van der Waals surface area contributed by atoms with Crippen molar-refractivity contribution in [2.45, 2.75) is 65.0 Å². The van der Waals surface area contributed by atoms with E-state index in [1.807, 2.05) is 29.8 Å². The van der Waals surface area contributed by atoms with Crippen LogP contribution in [0.25, 0.3) is 0 Å². The normalized spacial score (nSPS) is 21.7. The van der Waals surface area contributed by atoms with Crippen molar-refractivity contribution < 1.29 is 14.3 Å². The maximum absolute atomic E-state index is 13.9. The molecule has 1 amide bonds. The molecule has 2 unspecified atom stereocenters. The fraction of sp³-hybridized carbons (Fsp3) is 0.600. The van der Waals surface area contributed by atoms with Gasteiger partial charge in [-0.2, -0.15) is 0 Å². The van der Waals surface area contributed by atoms with E-state index in [4.69, 9.17) is 9.47 Å². The molecule has 3 atom stereocenters. The predicted molar refractivity (Wildman–Crippen MR) is 126 cm³/mol. The Bertz CT molecular complexity index is 873. The van der Waals surface area contributed by atoms with Crippen LogP contribution in [0.4, 0.5) is 0 Å². The van der Waals surface area contributed by atoms with Gasteiger partial charge in [0.2, 0.25) is 0 Å². The summed E-state index contributed by atoms with van der Waals surface area (Å²) in [5.41, 5.74) is 1.70. The van der Waals surface area contributed by atoms with E-state index in [9.17, 15) is 4.79 Å². The molecule has 0 N–H and O–H groups in total. The average Bonchev–Trinajstić information content (AvgIpc) is 3.34. The first-order valence-corrected chi connectivity index (χ1v) is 11.9. The molecule has 1 aliphatic heterocycles. The maximum atomic E-state index is 13.9. The Morgan fingerprint density at radius 3 is 2.58 bits per heavy atom. The van der Waals surface area contributed by atoms with Gasteiger partial charge in [0.1, 0.15) is 10.8 Å². The topological polar surface area (TPSA) is 51.7 Å². The number of amides is 1. The lowest BCUT2D eigenvalue weighted by atomic mass is 9.85. The highest BCUT2D eigenvalue weighted by atomic mass is 32.1. The Morgan fingerprint density at radius 2 is 2.03 bits per heavy atom. The van der Waals surface area contributed by atoms with Gasteiger partial charge in [0.05, 0.1) is 19.8 Å². The van der Waals surface area contributed by atoms with Gasteiger partial charge in [-0.25, -0.2) is 4.98 Å². The molecular formula is C25H36N2O3S. The van der Waals surface area contributed by atoms with Gasteiger partial charge >= 0.3 is 0 Å². The first-order chi connectivity index (χ1) is 14.7. The number of methoxy groups -OCH3 is 2. The minimum absolute atomic E-state index is 0.0446. The van der Waals surface area contributed by atoms with Crippen molar-refractivity contribution in [1.82, 2.24) is 9.88 Å². The fourth-order valence-electron chi connectivity index (χ4n) is 4.76. The van der Waals surface area contributed by atoms with Crippen LogP contribution in [0, 0.1) is 11.8 Å². The molecule has 0 saturated carbocycles. The van der Waals surface area contributed by atoms with E-state index in [0.717, 1.165) is 29.2 Å². The number of benzene rings is 1. The smallest absolute Gasteiger partial charge is 0.254 e. The predicted octanol–water partition coefficient (Wildman–Crippen LogP) is 5.71. The molecule has 31 heavy (non-hydrogen) atoms. The molecule has 1 aromatic carbocycles. The third-order valence-electron chi connectivity index (χ3n) is 6.03. The minimum Gasteiger partial charge on any atom is -0.496 e. The molecule has 1 saturated heterocycles. The van der Waals surface area contributed by atoms with Crippen LogP contribution in [0.1, 0.15) is 74.4 Å². The van der Waals surface area contributed by atoms with Crippen molar-refractivity contribution in [3.63, 3.8) is 0 Å². The van der Waals surface area contributed by atoms with Crippen LogP contribution in [0.2, 0.25) is 0 Å². The SMILES string of the molecule is COC[C@H]1CC(CC(C)C)N(C(=O)c2ccc(C(C)(C)C)c(OC)c2)C1c1nccs1. The van der Waals surface area contributed by atoms with E-state index in [1.54, 1.807) is 25.6 Å². The molecule has 2 heterocycles. The summed E-state index contributed by atoms with van der Waals surface area (Å²) in [4.78, 5) is 20.6. The Morgan fingerprint density at radius 1 is 1.29 bits per heavy atom. The Hall–Kier alpha value is -1.92. The second-order valence-corrected chi connectivity index (χ2v) is 10.9. The van der Waals surface area contributed by atoms with Gasteiger partial charge in [-0.1, -0.05) is 40.7 Å². The number of likely N-dealkylation sites (tertiary alicyclic amines) is 1. The molecule has 170 valence electrons. The lowest BCUT2D eigenvalue weighted by Crippen LogP contribution is -2.39. The number of rotatable bonds is 7. The standard InChI is InChI=1S/C25H36N2O3S/c1-16(2)12-19-13-18(15-29-6)22(23-26-10-11-31-23)27(19)24(28)17-8-9-20(25(3,4)5)21(14-17)30-7/h8-11,14,16,18-19,22H,12-13,15H2,1-7H3/t18-,19?,22?/m1/s1. The lowest BCUT2D eigenvalue weighted by Gasteiger charge is -2.32. The van der Waals surface area contributed by atoms with E-state index >= 15 is 0 Å². The molecule has 2 aromatic rings. The van der Waals surface area contributed by atoms with Gasteiger partial charge in [-0.05, 0) is 41.9 Å². The number of carbonyl (C=O) groups is 1. The highest BCUT2D eigenvalue weighted by molar-refractivity contribution is 7.09. The zero-order valence-electron chi connectivity index (χ0n) is 19.8. The molecule has 0 radical (unpaired) electrons. The monoisotopic (exact) mass is 444 g/mol.